The first-order valence-electron chi connectivity index (χ1n) is 3.89. The number of fused-ring (bicyclic) bond motifs is 1. The maximum atomic E-state index is 12.3. The fourth-order valence-electron chi connectivity index (χ4n) is 1.17. The average molecular weight is 218 g/mol. The third-order valence-corrected chi connectivity index (χ3v) is 1.87. The number of rotatable bonds is 0. The molecule has 0 unspecified atom stereocenters. The molecular formula is C7H5F3N4O. The Balaban J connectivity index is 2.82. The molecule has 0 saturated carbocycles. The maximum absolute atomic E-state index is 12.3. The Morgan fingerprint density at radius 1 is 1.47 bits per heavy atom. The molecule has 0 atom stereocenters. The summed E-state index contributed by atoms with van der Waals surface area (Å²) in [5.41, 5.74) is -0.938. The summed E-state index contributed by atoms with van der Waals surface area (Å²) in [7, 11) is 1.41. The van der Waals surface area contributed by atoms with E-state index in [9.17, 15) is 18.0 Å². The van der Waals surface area contributed by atoms with Gasteiger partial charge in [-0.15, -0.1) is 0 Å². The predicted molar refractivity (Wildman–Crippen MR) is 44.1 cm³/mol. The summed E-state index contributed by atoms with van der Waals surface area (Å²) in [5.74, 6) is -1.32. The summed E-state index contributed by atoms with van der Waals surface area (Å²) >= 11 is 0. The zero-order valence-electron chi connectivity index (χ0n) is 7.46. The van der Waals surface area contributed by atoms with Crippen molar-refractivity contribution in [1.29, 1.82) is 0 Å². The van der Waals surface area contributed by atoms with Gasteiger partial charge in [0.2, 0.25) is 5.82 Å². The number of alkyl halides is 3. The van der Waals surface area contributed by atoms with Crippen LogP contribution in [0.25, 0.3) is 11.0 Å². The van der Waals surface area contributed by atoms with Gasteiger partial charge in [-0.05, 0) is 0 Å². The van der Waals surface area contributed by atoms with Crippen molar-refractivity contribution in [2.45, 2.75) is 6.18 Å². The highest BCUT2D eigenvalue weighted by molar-refractivity contribution is 5.72. The van der Waals surface area contributed by atoms with Crippen molar-refractivity contribution in [2.75, 3.05) is 0 Å². The van der Waals surface area contributed by atoms with Crippen molar-refractivity contribution in [3.8, 4) is 0 Å². The number of halogens is 3. The molecule has 0 fully saturated rings. The quantitative estimate of drug-likeness (QED) is 0.707. The third-order valence-electron chi connectivity index (χ3n) is 1.87. The molecule has 0 radical (unpaired) electrons. The van der Waals surface area contributed by atoms with E-state index in [2.05, 4.69) is 10.1 Å². The van der Waals surface area contributed by atoms with Crippen molar-refractivity contribution >= 4 is 11.0 Å². The van der Waals surface area contributed by atoms with Crippen LogP contribution in [0.3, 0.4) is 0 Å². The second-order valence-corrected chi connectivity index (χ2v) is 2.92. The molecule has 5 nitrogen and oxygen atoms in total. The van der Waals surface area contributed by atoms with Crippen molar-refractivity contribution in [3.63, 3.8) is 0 Å². The molecular weight excluding hydrogens is 213 g/mol. The normalized spacial score (nSPS) is 12.3. The second-order valence-electron chi connectivity index (χ2n) is 2.92. The van der Waals surface area contributed by atoms with Gasteiger partial charge < -0.3 is 4.98 Å². The SMILES string of the molecule is Cn1ncc2c(=O)[nH]c(C(F)(F)F)nc21. The lowest BCUT2D eigenvalue weighted by Crippen LogP contribution is -2.19. The largest absolute Gasteiger partial charge is 0.449 e. The minimum atomic E-state index is -4.67. The van der Waals surface area contributed by atoms with Crippen LogP contribution in [0.4, 0.5) is 13.2 Å². The van der Waals surface area contributed by atoms with Crippen molar-refractivity contribution in [1.82, 2.24) is 19.7 Å². The number of H-pyrrole nitrogens is 1. The van der Waals surface area contributed by atoms with Crippen LogP contribution in [0, 0.1) is 0 Å². The standard InChI is InChI=1S/C7H5F3N4O/c1-14-4-3(2-11-14)5(15)13-6(12-4)7(8,9)10/h2H,1H3,(H,12,13,15). The van der Waals surface area contributed by atoms with Gasteiger partial charge in [-0.1, -0.05) is 0 Å². The number of aromatic amines is 1. The van der Waals surface area contributed by atoms with E-state index in [0.29, 0.717) is 0 Å². The molecule has 0 aliphatic rings. The summed E-state index contributed by atoms with van der Waals surface area (Å²) < 4.78 is 37.9. The van der Waals surface area contributed by atoms with E-state index >= 15 is 0 Å². The highest BCUT2D eigenvalue weighted by Gasteiger charge is 2.34. The molecule has 1 N–H and O–H groups in total. The van der Waals surface area contributed by atoms with Gasteiger partial charge in [-0.25, -0.2) is 4.98 Å². The Morgan fingerprint density at radius 2 is 2.13 bits per heavy atom. The van der Waals surface area contributed by atoms with Crippen LogP contribution in [0.5, 0.6) is 0 Å². The Morgan fingerprint density at radius 3 is 2.73 bits per heavy atom. The molecule has 0 aliphatic heterocycles. The zero-order chi connectivity index (χ0) is 11.2. The topological polar surface area (TPSA) is 63.6 Å². The number of hydrogen-bond acceptors (Lipinski definition) is 3. The highest BCUT2D eigenvalue weighted by atomic mass is 19.4. The molecule has 0 bridgehead atoms. The smallest absolute Gasteiger partial charge is 0.302 e. The van der Waals surface area contributed by atoms with Gasteiger partial charge >= 0.3 is 6.18 Å². The molecule has 0 amide bonds. The zero-order valence-corrected chi connectivity index (χ0v) is 7.46. The number of nitrogens with zero attached hydrogens (tertiary/aromatic N) is 3. The van der Waals surface area contributed by atoms with Crippen LogP contribution in [-0.4, -0.2) is 19.7 Å². The van der Waals surface area contributed by atoms with E-state index in [-0.39, 0.29) is 11.0 Å². The molecule has 2 rings (SSSR count). The van der Waals surface area contributed by atoms with E-state index in [0.717, 1.165) is 4.68 Å². The molecule has 0 aliphatic carbocycles. The summed E-state index contributed by atoms with van der Waals surface area (Å²) in [4.78, 5) is 16.2. The molecule has 15 heavy (non-hydrogen) atoms. The first-order valence-corrected chi connectivity index (χ1v) is 3.89. The maximum Gasteiger partial charge on any atom is 0.449 e. The lowest BCUT2D eigenvalue weighted by atomic mass is 10.4. The van der Waals surface area contributed by atoms with E-state index in [1.165, 1.54) is 13.2 Å². The average Bonchev–Trinajstić information content (AvgIpc) is 2.47. The lowest BCUT2D eigenvalue weighted by molar-refractivity contribution is -0.144. The van der Waals surface area contributed by atoms with Gasteiger partial charge in [0.1, 0.15) is 5.39 Å². The minimum Gasteiger partial charge on any atom is -0.302 e. The van der Waals surface area contributed by atoms with E-state index < -0.39 is 17.6 Å². The molecule has 2 aromatic rings. The Hall–Kier alpha value is -1.86. The number of nitrogens with one attached hydrogen (secondary N) is 1. The van der Waals surface area contributed by atoms with Crippen LogP contribution in [0.15, 0.2) is 11.0 Å². The van der Waals surface area contributed by atoms with Gasteiger partial charge in [0.25, 0.3) is 5.56 Å². The Kier molecular flexibility index (Phi) is 1.82. The molecule has 0 spiro atoms. The monoisotopic (exact) mass is 218 g/mol. The van der Waals surface area contributed by atoms with Gasteiger partial charge in [-0.2, -0.15) is 18.3 Å². The Labute approximate surface area is 80.5 Å². The summed E-state index contributed by atoms with van der Waals surface area (Å²) in [5, 5.41) is 3.68. The summed E-state index contributed by atoms with van der Waals surface area (Å²) in [6.07, 6.45) is -3.50. The first kappa shape index (κ1) is 9.69. The fourth-order valence-corrected chi connectivity index (χ4v) is 1.17. The molecule has 0 saturated heterocycles. The Bertz CT molecular complexity index is 568. The van der Waals surface area contributed by atoms with Gasteiger partial charge in [0.15, 0.2) is 5.65 Å². The van der Waals surface area contributed by atoms with E-state index in [1.54, 1.807) is 4.98 Å². The van der Waals surface area contributed by atoms with Crippen molar-refractivity contribution < 1.29 is 13.2 Å². The molecule has 2 heterocycles. The van der Waals surface area contributed by atoms with Crippen LogP contribution < -0.4 is 5.56 Å². The van der Waals surface area contributed by atoms with Crippen molar-refractivity contribution in [2.24, 2.45) is 7.05 Å². The van der Waals surface area contributed by atoms with Crippen LogP contribution in [-0.2, 0) is 13.2 Å². The molecule has 2 aromatic heterocycles. The van der Waals surface area contributed by atoms with Crippen LogP contribution >= 0.6 is 0 Å². The van der Waals surface area contributed by atoms with Gasteiger partial charge in [0.05, 0.1) is 6.20 Å². The van der Waals surface area contributed by atoms with Crippen molar-refractivity contribution in [3.05, 3.63) is 22.4 Å². The van der Waals surface area contributed by atoms with Gasteiger partial charge in [-0.3, -0.25) is 9.48 Å². The third kappa shape index (κ3) is 1.47. The molecule has 8 heteroatoms. The second kappa shape index (κ2) is 2.81. The van der Waals surface area contributed by atoms with Crippen LogP contribution in [0.2, 0.25) is 0 Å². The van der Waals surface area contributed by atoms with E-state index in [1.807, 2.05) is 0 Å². The fraction of sp³-hybridized carbons (Fsp3) is 0.286. The summed E-state index contributed by atoms with van der Waals surface area (Å²) in [6, 6.07) is 0. The lowest BCUT2D eigenvalue weighted by Gasteiger charge is -2.04. The first-order chi connectivity index (χ1) is 6.89. The van der Waals surface area contributed by atoms with Crippen LogP contribution in [0.1, 0.15) is 5.82 Å². The number of aromatic nitrogens is 4. The van der Waals surface area contributed by atoms with Gasteiger partial charge in [0, 0.05) is 7.05 Å². The minimum absolute atomic E-state index is 0.0329. The highest BCUT2D eigenvalue weighted by Crippen LogP contribution is 2.25. The number of hydrogen-bond donors (Lipinski definition) is 1. The van der Waals surface area contributed by atoms with E-state index in [4.69, 9.17) is 0 Å². The summed E-state index contributed by atoms with van der Waals surface area (Å²) in [6.45, 7) is 0. The molecule has 0 aromatic carbocycles. The number of aryl methyl sites for hydroxylation is 1. The predicted octanol–water partition coefficient (Wildman–Crippen LogP) is 0.675. The molecule has 80 valence electrons.